The highest BCUT2D eigenvalue weighted by Crippen LogP contribution is 2.02. The molecule has 0 rings (SSSR count). The molecule has 1 atom stereocenters. The van der Waals surface area contributed by atoms with E-state index in [-0.39, 0.29) is 0 Å². The highest BCUT2D eigenvalue weighted by molar-refractivity contribution is 4.66. The van der Waals surface area contributed by atoms with Crippen LogP contribution in [0.3, 0.4) is 0 Å². The molecule has 0 aliphatic heterocycles. The molecule has 0 amide bonds. The summed E-state index contributed by atoms with van der Waals surface area (Å²) in [4.78, 5) is 0. The van der Waals surface area contributed by atoms with Gasteiger partial charge in [-0.15, -0.1) is 6.58 Å². The summed E-state index contributed by atoms with van der Waals surface area (Å²) in [5, 5.41) is 3.22. The summed E-state index contributed by atoms with van der Waals surface area (Å²) in [6, 6.07) is 0.671. The predicted molar refractivity (Wildman–Crippen MR) is 47.2 cm³/mol. The van der Waals surface area contributed by atoms with Gasteiger partial charge in [0.05, 0.1) is 0 Å². The average molecular weight is 141 g/mol. The molecule has 0 saturated heterocycles. The molecule has 60 valence electrons. The van der Waals surface area contributed by atoms with Gasteiger partial charge < -0.3 is 5.32 Å². The normalized spacial score (nSPS) is 13.0. The van der Waals surface area contributed by atoms with Gasteiger partial charge in [0.1, 0.15) is 0 Å². The molecule has 0 aromatic carbocycles. The Kier molecular flexibility index (Phi) is 6.61. The molecule has 1 N–H and O–H groups in total. The lowest BCUT2D eigenvalue weighted by Gasteiger charge is -2.07. The van der Waals surface area contributed by atoms with Gasteiger partial charge in [0.15, 0.2) is 0 Å². The van der Waals surface area contributed by atoms with Crippen molar-refractivity contribution in [3.63, 3.8) is 0 Å². The summed E-state index contributed by atoms with van der Waals surface area (Å²) in [5.41, 5.74) is 0. The summed E-state index contributed by atoms with van der Waals surface area (Å²) >= 11 is 0. The Morgan fingerprint density at radius 1 is 1.50 bits per heavy atom. The van der Waals surface area contributed by atoms with E-state index in [0.717, 1.165) is 6.42 Å². The Bertz CT molecular complexity index is 78.8. The highest BCUT2D eigenvalue weighted by Gasteiger charge is 1.95. The van der Waals surface area contributed by atoms with Gasteiger partial charge in [0, 0.05) is 6.04 Å². The maximum Gasteiger partial charge on any atom is 0.00357 e. The molecule has 10 heavy (non-hydrogen) atoms. The SMILES string of the molecule is C=CCCCCC(C)NC. The first-order valence-corrected chi connectivity index (χ1v) is 4.09. The van der Waals surface area contributed by atoms with Crippen LogP contribution in [0.5, 0.6) is 0 Å². The number of allylic oxidation sites excluding steroid dienone is 1. The van der Waals surface area contributed by atoms with E-state index in [9.17, 15) is 0 Å². The van der Waals surface area contributed by atoms with E-state index in [1.54, 1.807) is 0 Å². The second kappa shape index (κ2) is 6.81. The molecule has 0 aliphatic rings. The standard InChI is InChI=1S/C9H19N/c1-4-5-6-7-8-9(2)10-3/h4,9-10H,1,5-8H2,2-3H3. The largest absolute Gasteiger partial charge is 0.317 e. The Labute approximate surface area is 64.5 Å². The molecule has 0 radical (unpaired) electrons. The van der Waals surface area contributed by atoms with Gasteiger partial charge in [-0.25, -0.2) is 0 Å². The van der Waals surface area contributed by atoms with Crippen LogP contribution in [0.2, 0.25) is 0 Å². The van der Waals surface area contributed by atoms with E-state index in [4.69, 9.17) is 0 Å². The minimum Gasteiger partial charge on any atom is -0.317 e. The second-order valence-electron chi connectivity index (χ2n) is 2.76. The van der Waals surface area contributed by atoms with Gasteiger partial charge >= 0.3 is 0 Å². The molecule has 0 spiro atoms. The van der Waals surface area contributed by atoms with Crippen LogP contribution in [-0.2, 0) is 0 Å². The van der Waals surface area contributed by atoms with Crippen LogP contribution in [-0.4, -0.2) is 13.1 Å². The maximum atomic E-state index is 3.68. The number of rotatable bonds is 6. The van der Waals surface area contributed by atoms with E-state index in [1.165, 1.54) is 19.3 Å². The topological polar surface area (TPSA) is 12.0 Å². The zero-order valence-electron chi connectivity index (χ0n) is 7.19. The lowest BCUT2D eigenvalue weighted by molar-refractivity contribution is 0.530. The Morgan fingerprint density at radius 3 is 2.70 bits per heavy atom. The van der Waals surface area contributed by atoms with Gasteiger partial charge in [0.25, 0.3) is 0 Å². The van der Waals surface area contributed by atoms with Gasteiger partial charge in [-0.2, -0.15) is 0 Å². The summed E-state index contributed by atoms with van der Waals surface area (Å²) in [7, 11) is 2.01. The monoisotopic (exact) mass is 141 g/mol. The molecular weight excluding hydrogens is 122 g/mol. The Morgan fingerprint density at radius 2 is 2.20 bits per heavy atom. The summed E-state index contributed by atoms with van der Waals surface area (Å²) in [5.74, 6) is 0. The fourth-order valence-corrected chi connectivity index (χ4v) is 0.884. The van der Waals surface area contributed by atoms with Crippen molar-refractivity contribution < 1.29 is 0 Å². The highest BCUT2D eigenvalue weighted by atomic mass is 14.8. The molecular formula is C9H19N. The summed E-state index contributed by atoms with van der Waals surface area (Å²) in [6.45, 7) is 5.90. The molecule has 0 heterocycles. The van der Waals surface area contributed by atoms with Crippen molar-refractivity contribution in [2.24, 2.45) is 0 Å². The van der Waals surface area contributed by atoms with E-state index in [0.29, 0.717) is 6.04 Å². The minimum absolute atomic E-state index is 0.671. The van der Waals surface area contributed by atoms with Crippen molar-refractivity contribution in [3.05, 3.63) is 12.7 Å². The van der Waals surface area contributed by atoms with Crippen LogP contribution in [0, 0.1) is 0 Å². The first-order valence-electron chi connectivity index (χ1n) is 4.09. The molecule has 0 aliphatic carbocycles. The van der Waals surface area contributed by atoms with Crippen molar-refractivity contribution in [2.75, 3.05) is 7.05 Å². The quantitative estimate of drug-likeness (QED) is 0.442. The fraction of sp³-hybridized carbons (Fsp3) is 0.778. The van der Waals surface area contributed by atoms with Crippen LogP contribution in [0.1, 0.15) is 32.6 Å². The number of nitrogens with one attached hydrogen (secondary N) is 1. The molecule has 0 bridgehead atoms. The van der Waals surface area contributed by atoms with Crippen LogP contribution >= 0.6 is 0 Å². The third-order valence-electron chi connectivity index (χ3n) is 1.79. The lowest BCUT2D eigenvalue weighted by atomic mass is 10.1. The van der Waals surface area contributed by atoms with Crippen molar-refractivity contribution >= 4 is 0 Å². The van der Waals surface area contributed by atoms with E-state index in [1.807, 2.05) is 13.1 Å². The summed E-state index contributed by atoms with van der Waals surface area (Å²) in [6.07, 6.45) is 7.04. The number of hydrogen-bond donors (Lipinski definition) is 1. The minimum atomic E-state index is 0.671. The van der Waals surface area contributed by atoms with Crippen molar-refractivity contribution in [3.8, 4) is 0 Å². The van der Waals surface area contributed by atoms with Gasteiger partial charge in [-0.05, 0) is 33.2 Å². The van der Waals surface area contributed by atoms with Crippen LogP contribution < -0.4 is 5.32 Å². The third-order valence-corrected chi connectivity index (χ3v) is 1.79. The van der Waals surface area contributed by atoms with Crippen LogP contribution in [0.4, 0.5) is 0 Å². The van der Waals surface area contributed by atoms with E-state index >= 15 is 0 Å². The summed E-state index contributed by atoms with van der Waals surface area (Å²) < 4.78 is 0. The molecule has 0 aromatic rings. The van der Waals surface area contributed by atoms with Crippen molar-refractivity contribution in [1.82, 2.24) is 5.32 Å². The van der Waals surface area contributed by atoms with Crippen molar-refractivity contribution in [2.45, 2.75) is 38.6 Å². The Balaban J connectivity index is 2.95. The first kappa shape index (κ1) is 9.70. The molecule has 0 saturated carbocycles. The van der Waals surface area contributed by atoms with Gasteiger partial charge in [-0.3, -0.25) is 0 Å². The molecule has 0 fully saturated rings. The van der Waals surface area contributed by atoms with Gasteiger partial charge in [0.2, 0.25) is 0 Å². The molecule has 1 heteroatoms. The van der Waals surface area contributed by atoms with E-state index < -0.39 is 0 Å². The maximum absolute atomic E-state index is 3.68. The smallest absolute Gasteiger partial charge is 0.00357 e. The second-order valence-corrected chi connectivity index (χ2v) is 2.76. The molecule has 1 unspecified atom stereocenters. The molecule has 0 aromatic heterocycles. The fourth-order valence-electron chi connectivity index (χ4n) is 0.884. The average Bonchev–Trinajstić information content (AvgIpc) is 1.98. The van der Waals surface area contributed by atoms with Crippen LogP contribution in [0.15, 0.2) is 12.7 Å². The third kappa shape index (κ3) is 5.83. The van der Waals surface area contributed by atoms with Crippen LogP contribution in [0.25, 0.3) is 0 Å². The lowest BCUT2D eigenvalue weighted by Crippen LogP contribution is -2.20. The Hall–Kier alpha value is -0.300. The van der Waals surface area contributed by atoms with Crippen molar-refractivity contribution in [1.29, 1.82) is 0 Å². The predicted octanol–water partition coefficient (Wildman–Crippen LogP) is 2.34. The van der Waals surface area contributed by atoms with E-state index in [2.05, 4.69) is 18.8 Å². The molecule has 1 nitrogen and oxygen atoms in total. The number of hydrogen-bond acceptors (Lipinski definition) is 1. The number of unbranched alkanes of at least 4 members (excludes halogenated alkanes) is 2. The van der Waals surface area contributed by atoms with Gasteiger partial charge in [-0.1, -0.05) is 12.5 Å². The zero-order chi connectivity index (χ0) is 7.82. The first-order chi connectivity index (χ1) is 4.81. The zero-order valence-corrected chi connectivity index (χ0v) is 7.19.